The van der Waals surface area contributed by atoms with E-state index < -0.39 is 44.6 Å². The van der Waals surface area contributed by atoms with Gasteiger partial charge in [0.05, 0.1) is 29.5 Å². The van der Waals surface area contributed by atoms with Gasteiger partial charge in [0, 0.05) is 18.9 Å². The molecular weight excluding hydrogens is 493 g/mol. The highest BCUT2D eigenvalue weighted by molar-refractivity contribution is 7.89. The number of sulfonamides is 1. The zero-order chi connectivity index (χ0) is 26.1. The number of hydrogen-bond acceptors (Lipinski definition) is 5. The summed E-state index contributed by atoms with van der Waals surface area (Å²) in [5, 5.41) is 0. The largest absolute Gasteiger partial charge is 0.469 e. The summed E-state index contributed by atoms with van der Waals surface area (Å²) in [6, 6.07) is 12.3. The molecule has 6 nitrogen and oxygen atoms in total. The van der Waals surface area contributed by atoms with Gasteiger partial charge in [-0.15, -0.1) is 0 Å². The minimum Gasteiger partial charge on any atom is -0.469 e. The molecule has 36 heavy (non-hydrogen) atoms. The van der Waals surface area contributed by atoms with E-state index >= 15 is 0 Å². The maximum Gasteiger partial charge on any atom is 0.417 e. The van der Waals surface area contributed by atoms with Crippen LogP contribution in [0.25, 0.3) is 11.1 Å². The molecule has 1 saturated heterocycles. The van der Waals surface area contributed by atoms with Crippen LogP contribution in [-0.2, 0) is 25.7 Å². The number of alkyl halides is 3. The van der Waals surface area contributed by atoms with Gasteiger partial charge in [-0.3, -0.25) is 9.78 Å². The van der Waals surface area contributed by atoms with Gasteiger partial charge in [-0.05, 0) is 66.3 Å². The van der Waals surface area contributed by atoms with E-state index in [-0.39, 0.29) is 19.4 Å². The monoisotopic (exact) mass is 518 g/mol. The predicted octanol–water partition coefficient (Wildman–Crippen LogP) is 5.39. The van der Waals surface area contributed by atoms with Gasteiger partial charge in [0.25, 0.3) is 0 Å². The predicted molar refractivity (Wildman–Crippen MR) is 127 cm³/mol. The Morgan fingerprint density at radius 2 is 1.86 bits per heavy atom. The van der Waals surface area contributed by atoms with Gasteiger partial charge in [0.15, 0.2) is 0 Å². The number of carbonyl (C=O) groups is 1. The molecule has 0 bridgehead atoms. The highest BCUT2D eigenvalue weighted by Gasteiger charge is 2.44. The number of rotatable bonds is 5. The second kappa shape index (κ2) is 10.0. The summed E-state index contributed by atoms with van der Waals surface area (Å²) in [4.78, 5) is 15.6. The zero-order valence-corrected chi connectivity index (χ0v) is 20.5. The van der Waals surface area contributed by atoms with Crippen molar-refractivity contribution < 1.29 is 31.1 Å². The molecule has 1 aromatic heterocycles. The summed E-state index contributed by atoms with van der Waals surface area (Å²) in [5.41, 5.74) is 1.96. The molecule has 0 unspecified atom stereocenters. The molecule has 1 fully saturated rings. The summed E-state index contributed by atoms with van der Waals surface area (Å²) in [5.74, 6) is -1.07. The third-order valence-corrected chi connectivity index (χ3v) is 8.44. The Hall–Kier alpha value is -3.24. The zero-order valence-electron chi connectivity index (χ0n) is 19.7. The second-order valence-corrected chi connectivity index (χ2v) is 10.5. The first-order valence-electron chi connectivity index (χ1n) is 11.3. The number of aromatic nitrogens is 1. The first kappa shape index (κ1) is 25.8. The van der Waals surface area contributed by atoms with Gasteiger partial charge in [0.2, 0.25) is 10.0 Å². The average molecular weight is 519 g/mol. The van der Waals surface area contributed by atoms with Crippen molar-refractivity contribution in [2.75, 3.05) is 13.7 Å². The van der Waals surface area contributed by atoms with Gasteiger partial charge in [-0.25, -0.2) is 8.42 Å². The first-order chi connectivity index (χ1) is 17.0. The highest BCUT2D eigenvalue weighted by Crippen LogP contribution is 2.42. The van der Waals surface area contributed by atoms with Crippen molar-refractivity contribution in [3.63, 3.8) is 0 Å². The molecule has 1 aliphatic rings. The lowest BCUT2D eigenvalue weighted by Gasteiger charge is -2.38. The molecule has 0 radical (unpaired) electrons. The van der Waals surface area contributed by atoms with Gasteiger partial charge in [0.1, 0.15) is 0 Å². The van der Waals surface area contributed by atoms with Crippen LogP contribution in [0.2, 0.25) is 0 Å². The molecule has 1 aliphatic heterocycles. The Balaban J connectivity index is 1.82. The van der Waals surface area contributed by atoms with Crippen molar-refractivity contribution in [2.45, 2.75) is 36.9 Å². The average Bonchev–Trinajstić information content (AvgIpc) is 2.87. The van der Waals surface area contributed by atoms with Crippen LogP contribution in [-0.4, -0.2) is 37.3 Å². The topological polar surface area (TPSA) is 76.6 Å². The van der Waals surface area contributed by atoms with E-state index in [9.17, 15) is 26.4 Å². The molecule has 2 aromatic carbocycles. The van der Waals surface area contributed by atoms with Crippen LogP contribution in [0.4, 0.5) is 13.2 Å². The molecule has 0 spiro atoms. The maximum absolute atomic E-state index is 13.7. The molecular formula is C26H25F3N2O4S. The Labute approximate surface area is 207 Å². The summed E-state index contributed by atoms with van der Waals surface area (Å²) < 4.78 is 74.5. The minimum absolute atomic E-state index is 0.0822. The van der Waals surface area contributed by atoms with Gasteiger partial charge >= 0.3 is 12.1 Å². The number of carbonyl (C=O) groups excluding carboxylic acids is 1. The number of halogens is 3. The van der Waals surface area contributed by atoms with Crippen molar-refractivity contribution in [3.05, 3.63) is 83.7 Å². The SMILES string of the molecule is COC(=O)[C@@H]1CCN(S(=O)(=O)c2ccccc2C(F)(F)F)[C@H](c2cccc(-c3ccncc3C)c2)C1. The van der Waals surface area contributed by atoms with E-state index in [0.29, 0.717) is 5.56 Å². The van der Waals surface area contributed by atoms with E-state index in [4.69, 9.17) is 4.74 Å². The molecule has 10 heteroatoms. The fourth-order valence-corrected chi connectivity index (χ4v) is 6.53. The molecule has 0 N–H and O–H groups in total. The maximum atomic E-state index is 13.7. The molecule has 2 heterocycles. The quantitative estimate of drug-likeness (QED) is 0.424. The normalized spacial score (nSPS) is 19.1. The van der Waals surface area contributed by atoms with Crippen LogP contribution < -0.4 is 0 Å². The lowest BCUT2D eigenvalue weighted by Crippen LogP contribution is -2.43. The van der Waals surface area contributed by atoms with Gasteiger partial charge in [-0.2, -0.15) is 17.5 Å². The Morgan fingerprint density at radius 3 is 2.56 bits per heavy atom. The van der Waals surface area contributed by atoms with Crippen LogP contribution in [0.1, 0.15) is 35.6 Å². The third-order valence-electron chi connectivity index (χ3n) is 6.47. The second-order valence-electron chi connectivity index (χ2n) is 8.69. The molecule has 0 saturated carbocycles. The molecule has 0 amide bonds. The number of piperidine rings is 1. The fourth-order valence-electron chi connectivity index (χ4n) is 4.68. The number of nitrogens with zero attached hydrogens (tertiary/aromatic N) is 2. The Morgan fingerprint density at radius 1 is 1.11 bits per heavy atom. The van der Waals surface area contributed by atoms with Crippen molar-refractivity contribution in [1.29, 1.82) is 0 Å². The van der Waals surface area contributed by atoms with E-state index in [1.54, 1.807) is 24.5 Å². The van der Waals surface area contributed by atoms with E-state index in [2.05, 4.69) is 4.98 Å². The molecule has 2 atom stereocenters. The number of ether oxygens (including phenoxy) is 1. The summed E-state index contributed by atoms with van der Waals surface area (Å²) >= 11 is 0. The molecule has 0 aliphatic carbocycles. The van der Waals surface area contributed by atoms with Crippen LogP contribution >= 0.6 is 0 Å². The smallest absolute Gasteiger partial charge is 0.417 e. The van der Waals surface area contributed by atoms with Crippen molar-refractivity contribution in [1.82, 2.24) is 9.29 Å². The van der Waals surface area contributed by atoms with E-state index in [1.165, 1.54) is 13.2 Å². The summed E-state index contributed by atoms with van der Waals surface area (Å²) in [7, 11) is -3.31. The van der Waals surface area contributed by atoms with Crippen LogP contribution in [0.5, 0.6) is 0 Å². The number of esters is 1. The summed E-state index contributed by atoms with van der Waals surface area (Å²) in [6.45, 7) is 1.77. The first-order valence-corrected chi connectivity index (χ1v) is 12.7. The van der Waals surface area contributed by atoms with Gasteiger partial charge < -0.3 is 4.74 Å². The van der Waals surface area contributed by atoms with Crippen LogP contribution in [0.3, 0.4) is 0 Å². The number of benzene rings is 2. The Kier molecular flexibility index (Phi) is 7.19. The van der Waals surface area contributed by atoms with Crippen molar-refractivity contribution >= 4 is 16.0 Å². The number of methoxy groups -OCH3 is 1. The Bertz CT molecular complexity index is 1380. The molecule has 3 aromatic rings. The van der Waals surface area contributed by atoms with E-state index in [0.717, 1.165) is 39.2 Å². The lowest BCUT2D eigenvalue weighted by atomic mass is 9.87. The number of aryl methyl sites for hydroxylation is 1. The molecule has 4 rings (SSSR count). The number of pyridine rings is 1. The van der Waals surface area contributed by atoms with Crippen molar-refractivity contribution in [3.8, 4) is 11.1 Å². The fraction of sp³-hybridized carbons (Fsp3) is 0.308. The number of hydrogen-bond donors (Lipinski definition) is 0. The summed E-state index contributed by atoms with van der Waals surface area (Å²) in [6.07, 6.45) is -1.27. The highest BCUT2D eigenvalue weighted by atomic mass is 32.2. The van der Waals surface area contributed by atoms with Crippen LogP contribution in [0, 0.1) is 12.8 Å². The van der Waals surface area contributed by atoms with Crippen LogP contribution in [0.15, 0.2) is 71.9 Å². The standard InChI is InChI=1S/C26H25F3N2O4S/c1-17-16-30-12-10-21(17)18-6-5-7-19(14-18)23-15-20(25(32)35-2)11-13-31(23)36(33,34)24-9-4-3-8-22(24)26(27,28)29/h3-10,12,14,16,20,23H,11,13,15H2,1-2H3/t20-,23+/m1/s1. The van der Waals surface area contributed by atoms with Crippen molar-refractivity contribution in [2.24, 2.45) is 5.92 Å². The third kappa shape index (κ3) is 5.01. The van der Waals surface area contributed by atoms with Gasteiger partial charge in [-0.1, -0.05) is 30.3 Å². The minimum atomic E-state index is -4.84. The lowest BCUT2D eigenvalue weighted by molar-refractivity contribution is -0.147. The molecule has 190 valence electrons. The van der Waals surface area contributed by atoms with E-state index in [1.807, 2.05) is 25.1 Å².